The summed E-state index contributed by atoms with van der Waals surface area (Å²) in [5.74, 6) is 0.469. The number of carbonyl (C=O) groups is 4. The van der Waals surface area contributed by atoms with Gasteiger partial charge in [-0.05, 0) is 113 Å². The lowest BCUT2D eigenvalue weighted by Crippen LogP contribution is -2.54. The fourth-order valence-corrected chi connectivity index (χ4v) is 12.1. The Hall–Kier alpha value is -6.73. The Bertz CT molecular complexity index is 3030. The van der Waals surface area contributed by atoms with E-state index < -0.39 is 41.9 Å². The number of hydrogen-bond donors (Lipinski definition) is 4. The highest BCUT2D eigenvalue weighted by Crippen LogP contribution is 2.48. The first-order valence-electron chi connectivity index (χ1n) is 24.9. The SMILES string of the molecule is CCc1ccc([C@@H]2Oc3cc(-c4cnc([C@@H]5CCCN5C(=O)[C@@H](NC(=O)OC)C(C)C)[nH]4)cc(F)c3-c3cc4cc(-c5cnc([C@@H]6CCCN6C(=O)[C@@H](NC(=O)OC)[C@@H]6CCOC(C)(C)C6)[nH]5)ccc4n32)s1. The first-order chi connectivity index (χ1) is 34.6. The van der Waals surface area contributed by atoms with Crippen LogP contribution in [-0.4, -0.2) is 110 Å². The van der Waals surface area contributed by atoms with Gasteiger partial charge in [-0.3, -0.25) is 14.2 Å². The van der Waals surface area contributed by atoms with E-state index in [0.717, 1.165) is 46.3 Å². The van der Waals surface area contributed by atoms with Crippen LogP contribution in [0.3, 0.4) is 0 Å². The van der Waals surface area contributed by atoms with E-state index in [9.17, 15) is 19.2 Å². The number of rotatable bonds is 12. The van der Waals surface area contributed by atoms with Crippen LogP contribution in [0.4, 0.5) is 14.0 Å². The molecule has 0 spiro atoms. The molecule has 0 saturated carbocycles. The van der Waals surface area contributed by atoms with E-state index in [1.165, 1.54) is 25.2 Å². The fraction of sp³-hybridized carbons (Fsp3) is 0.472. The first kappa shape index (κ1) is 48.9. The summed E-state index contributed by atoms with van der Waals surface area (Å²) in [7, 11) is 2.57. The van der Waals surface area contributed by atoms with Crippen molar-refractivity contribution in [2.24, 2.45) is 11.8 Å². The number of thiophene rings is 1. The molecule has 3 fully saturated rings. The molecule has 19 heteroatoms. The lowest BCUT2D eigenvalue weighted by atomic mass is 9.82. The van der Waals surface area contributed by atoms with Crippen molar-refractivity contribution < 1.29 is 42.5 Å². The van der Waals surface area contributed by atoms with Crippen LogP contribution in [-0.2, 0) is 30.2 Å². The molecule has 0 radical (unpaired) electrons. The zero-order chi connectivity index (χ0) is 50.6. The van der Waals surface area contributed by atoms with Gasteiger partial charge < -0.3 is 49.3 Å². The molecule has 17 nitrogen and oxygen atoms in total. The number of imidazole rings is 2. The molecule has 4 aliphatic heterocycles. The number of benzene rings is 2. The molecule has 6 atom stereocenters. The maximum atomic E-state index is 16.9. The highest BCUT2D eigenvalue weighted by molar-refractivity contribution is 7.12. The largest absolute Gasteiger partial charge is 0.464 e. The summed E-state index contributed by atoms with van der Waals surface area (Å²) in [5, 5.41) is 6.42. The molecule has 8 heterocycles. The summed E-state index contributed by atoms with van der Waals surface area (Å²) < 4.78 is 41.6. The predicted octanol–water partition coefficient (Wildman–Crippen LogP) is 9.43. The van der Waals surface area contributed by atoms with Crippen LogP contribution in [0.2, 0.25) is 0 Å². The number of H-pyrrole nitrogens is 2. The van der Waals surface area contributed by atoms with Crippen LogP contribution in [0.25, 0.3) is 44.7 Å². The Morgan fingerprint density at radius 1 is 0.861 bits per heavy atom. The van der Waals surface area contributed by atoms with E-state index in [2.05, 4.69) is 50.3 Å². The number of aromatic amines is 2. The Labute approximate surface area is 421 Å². The van der Waals surface area contributed by atoms with E-state index >= 15 is 4.39 Å². The number of nitrogens with one attached hydrogen (secondary N) is 4. The Morgan fingerprint density at radius 2 is 1.53 bits per heavy atom. The number of ether oxygens (including phenoxy) is 4. The summed E-state index contributed by atoms with van der Waals surface area (Å²) in [4.78, 5) is 75.2. The topological polar surface area (TPSA) is 198 Å². The molecule has 0 unspecified atom stereocenters. The zero-order valence-corrected chi connectivity index (χ0v) is 42.5. The number of likely N-dealkylation sites (tertiary alicyclic amines) is 2. The van der Waals surface area contributed by atoms with Gasteiger partial charge in [-0.2, -0.15) is 0 Å². The van der Waals surface area contributed by atoms with Crippen LogP contribution >= 0.6 is 11.3 Å². The minimum Gasteiger partial charge on any atom is -0.464 e. The number of alkyl carbamates (subject to hydrolysis) is 2. The number of amides is 4. The number of aromatic nitrogens is 5. The monoisotopic (exact) mass is 1000 g/mol. The van der Waals surface area contributed by atoms with Gasteiger partial charge >= 0.3 is 12.2 Å². The van der Waals surface area contributed by atoms with E-state index in [4.69, 9.17) is 28.9 Å². The standard InChI is InChI=1S/C53H62FN9O8S/c1-8-33-14-16-42(72-33)50-63-37-15-13-29(35-26-55-46(57-35)39-12-10-19-62(39)49(65)45(60-52(67)69-7)30-17-20-70-53(4,5)25-30)21-32(37)23-40(63)43-34(54)22-31(24-41(43)71-50)36-27-56-47(58-36)38-11-9-18-61(38)48(64)44(28(2)3)59-51(66)68-6/h13-16,21-24,26-28,30,38-39,44-45,50H,8-12,17-20,25H2,1-7H3,(H,55,57)(H,56,58)(H,59,66)(H,60,67)/t30-,38+,39+,44+,45+,50+/m1/s1. The molecule has 10 rings (SSSR count). The minimum atomic E-state index is -0.774. The first-order valence-corrected chi connectivity index (χ1v) is 25.8. The van der Waals surface area contributed by atoms with Gasteiger partial charge in [0.25, 0.3) is 0 Å². The number of carbonyl (C=O) groups excluding carboxylic acids is 4. The number of halogens is 1. The summed E-state index contributed by atoms with van der Waals surface area (Å²) in [6.45, 7) is 11.4. The molecule has 6 aromatic rings. The molecule has 0 bridgehead atoms. The quantitative estimate of drug-likeness (QED) is 0.0916. The van der Waals surface area contributed by atoms with Gasteiger partial charge in [-0.15, -0.1) is 11.3 Å². The van der Waals surface area contributed by atoms with Gasteiger partial charge in [-0.1, -0.05) is 26.8 Å². The zero-order valence-electron chi connectivity index (χ0n) is 41.7. The van der Waals surface area contributed by atoms with Crippen LogP contribution in [0.15, 0.2) is 60.9 Å². The maximum absolute atomic E-state index is 16.9. The smallest absolute Gasteiger partial charge is 0.407 e. The second-order valence-corrected chi connectivity index (χ2v) is 21.4. The van der Waals surface area contributed by atoms with E-state index in [1.807, 2.05) is 56.9 Å². The van der Waals surface area contributed by atoms with Gasteiger partial charge in [0.15, 0.2) is 0 Å². The van der Waals surface area contributed by atoms with Crippen molar-refractivity contribution in [2.75, 3.05) is 33.9 Å². The van der Waals surface area contributed by atoms with Gasteiger partial charge in [0, 0.05) is 41.1 Å². The highest BCUT2D eigenvalue weighted by Gasteiger charge is 2.43. The average Bonchev–Trinajstić information content (AvgIpc) is 4.23. The van der Waals surface area contributed by atoms with Crippen molar-refractivity contribution in [1.29, 1.82) is 0 Å². The third-order valence-electron chi connectivity index (χ3n) is 14.7. The molecule has 4 amide bonds. The molecule has 4 aliphatic rings. The lowest BCUT2D eigenvalue weighted by molar-refractivity contribution is -0.139. The third kappa shape index (κ3) is 9.20. The average molecular weight is 1000 g/mol. The van der Waals surface area contributed by atoms with E-state index in [-0.39, 0.29) is 35.7 Å². The predicted molar refractivity (Wildman–Crippen MR) is 269 cm³/mol. The summed E-state index contributed by atoms with van der Waals surface area (Å²) in [6, 6.07) is 13.4. The molecular formula is C53H62FN9O8S. The number of nitrogens with zero attached hydrogens (tertiary/aromatic N) is 5. The second-order valence-electron chi connectivity index (χ2n) is 20.2. The van der Waals surface area contributed by atoms with Crippen molar-refractivity contribution in [3.63, 3.8) is 0 Å². The van der Waals surface area contributed by atoms with Crippen molar-refractivity contribution >= 4 is 46.2 Å². The van der Waals surface area contributed by atoms with Gasteiger partial charge in [-0.25, -0.2) is 23.9 Å². The van der Waals surface area contributed by atoms with E-state index in [0.29, 0.717) is 85.3 Å². The molecule has 2 aromatic carbocycles. The molecular weight excluding hydrogens is 942 g/mol. The summed E-state index contributed by atoms with van der Waals surface area (Å²) in [5.41, 5.74) is 4.19. The van der Waals surface area contributed by atoms with Crippen LogP contribution < -0.4 is 15.4 Å². The Balaban J connectivity index is 0.945. The molecule has 72 heavy (non-hydrogen) atoms. The van der Waals surface area contributed by atoms with Crippen LogP contribution in [0.5, 0.6) is 5.75 Å². The van der Waals surface area contributed by atoms with Gasteiger partial charge in [0.2, 0.25) is 18.0 Å². The highest BCUT2D eigenvalue weighted by atomic mass is 32.1. The third-order valence-corrected chi connectivity index (χ3v) is 16.0. The maximum Gasteiger partial charge on any atom is 0.407 e. The molecule has 380 valence electrons. The fourth-order valence-electron chi connectivity index (χ4n) is 11.1. The molecule has 4 aromatic heterocycles. The van der Waals surface area contributed by atoms with Gasteiger partial charge in [0.05, 0.1) is 77.3 Å². The van der Waals surface area contributed by atoms with Crippen LogP contribution in [0.1, 0.15) is 113 Å². The van der Waals surface area contributed by atoms with E-state index in [1.54, 1.807) is 28.6 Å². The second kappa shape index (κ2) is 19.7. The molecule has 3 saturated heterocycles. The van der Waals surface area contributed by atoms with Gasteiger partial charge in [0.1, 0.15) is 35.3 Å². The molecule has 4 N–H and O–H groups in total. The van der Waals surface area contributed by atoms with Crippen molar-refractivity contribution in [3.05, 3.63) is 88.1 Å². The molecule has 0 aliphatic carbocycles. The summed E-state index contributed by atoms with van der Waals surface area (Å²) >= 11 is 1.66. The van der Waals surface area contributed by atoms with Crippen molar-refractivity contribution in [1.82, 2.24) is 44.9 Å². The lowest BCUT2D eigenvalue weighted by Gasteiger charge is -2.40. The number of fused-ring (bicyclic) bond motifs is 5. The normalized spacial score (nSPS) is 21.2. The Kier molecular flexibility index (Phi) is 13.4. The minimum absolute atomic E-state index is 0.129. The number of hydrogen-bond acceptors (Lipinski definition) is 11. The Morgan fingerprint density at radius 3 is 2.17 bits per heavy atom. The van der Waals surface area contributed by atoms with Crippen molar-refractivity contribution in [2.45, 2.75) is 116 Å². The number of methoxy groups -OCH3 is 2. The summed E-state index contributed by atoms with van der Waals surface area (Å²) in [6.07, 6.45) is 6.57. The number of aryl methyl sites for hydroxylation is 1. The van der Waals surface area contributed by atoms with Crippen molar-refractivity contribution in [3.8, 4) is 39.5 Å². The van der Waals surface area contributed by atoms with Crippen LogP contribution in [0, 0.1) is 17.7 Å².